The van der Waals surface area contributed by atoms with E-state index in [-0.39, 0.29) is 5.91 Å². The van der Waals surface area contributed by atoms with Gasteiger partial charge < -0.3 is 9.47 Å². The first-order valence-electron chi connectivity index (χ1n) is 8.87. The largest absolute Gasteiger partial charge is 0.497 e. The Morgan fingerprint density at radius 2 is 1.96 bits per heavy atom. The number of thiazole rings is 2. The Kier molecular flexibility index (Phi) is 5.96. The number of benzene rings is 1. The summed E-state index contributed by atoms with van der Waals surface area (Å²) >= 11 is 2.90. The van der Waals surface area contributed by atoms with Crippen LogP contribution >= 0.6 is 22.7 Å². The Labute approximate surface area is 171 Å². The van der Waals surface area contributed by atoms with E-state index >= 15 is 0 Å². The highest BCUT2D eigenvalue weighted by Gasteiger charge is 2.16. The van der Waals surface area contributed by atoms with E-state index in [4.69, 9.17) is 9.47 Å². The normalized spacial score (nSPS) is 14.8. The molecule has 0 radical (unpaired) electrons. The predicted octanol–water partition coefficient (Wildman–Crippen LogP) is 3.36. The summed E-state index contributed by atoms with van der Waals surface area (Å²) in [7, 11) is 1.64. The van der Waals surface area contributed by atoms with E-state index in [1.54, 1.807) is 12.5 Å². The number of nitrogens with zero attached hydrogens (tertiary/aromatic N) is 3. The second-order valence-electron chi connectivity index (χ2n) is 6.24. The van der Waals surface area contributed by atoms with Gasteiger partial charge >= 0.3 is 0 Å². The van der Waals surface area contributed by atoms with Crippen LogP contribution in [0.3, 0.4) is 0 Å². The average molecular weight is 417 g/mol. The number of ether oxygens (including phenoxy) is 2. The lowest BCUT2D eigenvalue weighted by molar-refractivity contribution is 0.0341. The number of carbonyl (C=O) groups is 1. The number of carbonyl (C=O) groups excluding carboxylic acids is 1. The van der Waals surface area contributed by atoms with Gasteiger partial charge in [0.1, 0.15) is 16.5 Å². The lowest BCUT2D eigenvalue weighted by atomic mass is 10.2. The topological polar surface area (TPSA) is 76.6 Å². The molecule has 4 rings (SSSR count). The minimum atomic E-state index is -0.236. The Morgan fingerprint density at radius 1 is 1.18 bits per heavy atom. The molecule has 28 heavy (non-hydrogen) atoms. The van der Waals surface area contributed by atoms with E-state index in [0.29, 0.717) is 10.8 Å². The Bertz CT molecular complexity index is 933. The van der Waals surface area contributed by atoms with Crippen molar-refractivity contribution in [3.63, 3.8) is 0 Å². The van der Waals surface area contributed by atoms with Gasteiger partial charge in [-0.15, -0.1) is 22.7 Å². The molecular weight excluding hydrogens is 396 g/mol. The molecule has 2 aromatic heterocycles. The van der Waals surface area contributed by atoms with E-state index in [1.807, 2.05) is 29.6 Å². The zero-order chi connectivity index (χ0) is 19.3. The van der Waals surface area contributed by atoms with E-state index in [2.05, 4.69) is 20.2 Å². The number of anilines is 1. The second kappa shape index (κ2) is 8.78. The molecule has 0 saturated carbocycles. The fourth-order valence-corrected chi connectivity index (χ4v) is 4.36. The Balaban J connectivity index is 1.38. The van der Waals surface area contributed by atoms with Crippen LogP contribution in [0.4, 0.5) is 5.13 Å². The monoisotopic (exact) mass is 416 g/mol. The van der Waals surface area contributed by atoms with Gasteiger partial charge in [0.2, 0.25) is 0 Å². The van der Waals surface area contributed by atoms with Crippen LogP contribution in [0.15, 0.2) is 35.0 Å². The number of methoxy groups -OCH3 is 1. The molecule has 3 aromatic rings. The first-order chi connectivity index (χ1) is 13.7. The second-order valence-corrected chi connectivity index (χ2v) is 8.04. The number of hydrogen-bond acceptors (Lipinski definition) is 8. The van der Waals surface area contributed by atoms with Gasteiger partial charge in [-0.05, 0) is 24.3 Å². The summed E-state index contributed by atoms with van der Waals surface area (Å²) in [4.78, 5) is 23.8. The summed E-state index contributed by atoms with van der Waals surface area (Å²) in [6.45, 7) is 4.04. The number of nitrogens with one attached hydrogen (secondary N) is 1. The molecule has 1 fully saturated rings. The van der Waals surface area contributed by atoms with Crippen LogP contribution in [0.2, 0.25) is 0 Å². The van der Waals surface area contributed by atoms with E-state index in [0.717, 1.165) is 54.9 Å². The molecule has 1 amide bonds. The molecule has 1 aromatic carbocycles. The summed E-state index contributed by atoms with van der Waals surface area (Å²) < 4.78 is 10.5. The minimum absolute atomic E-state index is 0.236. The van der Waals surface area contributed by atoms with Crippen molar-refractivity contribution in [3.05, 3.63) is 45.7 Å². The van der Waals surface area contributed by atoms with Crippen LogP contribution in [0.25, 0.3) is 11.3 Å². The fourth-order valence-electron chi connectivity index (χ4n) is 2.83. The molecule has 9 heteroatoms. The summed E-state index contributed by atoms with van der Waals surface area (Å²) in [5.74, 6) is 0.559. The van der Waals surface area contributed by atoms with Crippen LogP contribution in [-0.2, 0) is 11.3 Å². The van der Waals surface area contributed by atoms with Crippen LogP contribution in [-0.4, -0.2) is 54.2 Å². The Hall–Kier alpha value is -2.33. The zero-order valence-corrected chi connectivity index (χ0v) is 17.0. The van der Waals surface area contributed by atoms with Gasteiger partial charge in [-0.2, -0.15) is 0 Å². The summed E-state index contributed by atoms with van der Waals surface area (Å²) in [5.41, 5.74) is 2.21. The number of hydrogen-bond donors (Lipinski definition) is 1. The molecule has 1 aliphatic heterocycles. The fraction of sp³-hybridized carbons (Fsp3) is 0.316. The van der Waals surface area contributed by atoms with E-state index < -0.39 is 0 Å². The first kappa shape index (κ1) is 19.0. The van der Waals surface area contributed by atoms with Gasteiger partial charge in [-0.25, -0.2) is 9.97 Å². The SMILES string of the molecule is COc1ccc(-c2csc(NC(=O)c3csc(CN4CCOCC4)n3)n2)cc1. The van der Waals surface area contributed by atoms with Crippen molar-refractivity contribution >= 4 is 33.7 Å². The molecule has 0 spiro atoms. The highest BCUT2D eigenvalue weighted by Crippen LogP contribution is 2.27. The van der Waals surface area contributed by atoms with Crippen LogP contribution < -0.4 is 10.1 Å². The molecule has 1 saturated heterocycles. The third-order valence-electron chi connectivity index (χ3n) is 4.36. The van der Waals surface area contributed by atoms with Crippen molar-refractivity contribution in [2.75, 3.05) is 38.7 Å². The molecule has 3 heterocycles. The quantitative estimate of drug-likeness (QED) is 0.664. The zero-order valence-electron chi connectivity index (χ0n) is 15.4. The third kappa shape index (κ3) is 4.56. The third-order valence-corrected chi connectivity index (χ3v) is 5.95. The number of morpholine rings is 1. The smallest absolute Gasteiger partial charge is 0.276 e. The van der Waals surface area contributed by atoms with E-state index in [9.17, 15) is 4.79 Å². The van der Waals surface area contributed by atoms with Crippen LogP contribution in [0.5, 0.6) is 5.75 Å². The molecule has 0 atom stereocenters. The van der Waals surface area contributed by atoms with E-state index in [1.165, 1.54) is 22.7 Å². The summed E-state index contributed by atoms with van der Waals surface area (Å²) in [5, 5.41) is 8.05. The van der Waals surface area contributed by atoms with Crippen molar-refractivity contribution in [2.24, 2.45) is 0 Å². The minimum Gasteiger partial charge on any atom is -0.497 e. The first-order valence-corrected chi connectivity index (χ1v) is 10.6. The predicted molar refractivity (Wildman–Crippen MR) is 110 cm³/mol. The van der Waals surface area contributed by atoms with Crippen LogP contribution in [0, 0.1) is 0 Å². The summed E-state index contributed by atoms with van der Waals surface area (Å²) in [6.07, 6.45) is 0. The van der Waals surface area contributed by atoms with Crippen molar-refractivity contribution in [1.82, 2.24) is 14.9 Å². The summed E-state index contributed by atoms with van der Waals surface area (Å²) in [6, 6.07) is 7.66. The van der Waals surface area contributed by atoms with Crippen LogP contribution in [0.1, 0.15) is 15.5 Å². The molecule has 1 N–H and O–H groups in total. The lowest BCUT2D eigenvalue weighted by Gasteiger charge is -2.25. The number of aromatic nitrogens is 2. The molecule has 146 valence electrons. The Morgan fingerprint density at radius 3 is 2.71 bits per heavy atom. The highest BCUT2D eigenvalue weighted by molar-refractivity contribution is 7.14. The standard InChI is InChI=1S/C19H20N4O3S2/c1-25-14-4-2-13(3-5-14)15-11-28-19(21-15)22-18(24)16-12-27-17(20-16)10-23-6-8-26-9-7-23/h2-5,11-12H,6-10H2,1H3,(H,21,22,24). The molecule has 0 unspecified atom stereocenters. The molecule has 0 bridgehead atoms. The number of rotatable bonds is 6. The van der Waals surface area contributed by atoms with Crippen molar-refractivity contribution < 1.29 is 14.3 Å². The molecule has 0 aliphatic carbocycles. The van der Waals surface area contributed by atoms with Crippen molar-refractivity contribution in [1.29, 1.82) is 0 Å². The van der Waals surface area contributed by atoms with Gasteiger partial charge in [0.25, 0.3) is 5.91 Å². The van der Waals surface area contributed by atoms with Gasteiger partial charge in [0, 0.05) is 29.4 Å². The maximum absolute atomic E-state index is 12.5. The maximum atomic E-state index is 12.5. The van der Waals surface area contributed by atoms with Gasteiger partial charge in [-0.1, -0.05) is 0 Å². The highest BCUT2D eigenvalue weighted by atomic mass is 32.1. The molecular formula is C19H20N4O3S2. The van der Waals surface area contributed by atoms with Gasteiger partial charge in [-0.3, -0.25) is 15.0 Å². The molecule has 1 aliphatic rings. The van der Waals surface area contributed by atoms with Crippen molar-refractivity contribution in [2.45, 2.75) is 6.54 Å². The van der Waals surface area contributed by atoms with Gasteiger partial charge in [0.15, 0.2) is 5.13 Å². The number of amides is 1. The molecule has 7 nitrogen and oxygen atoms in total. The maximum Gasteiger partial charge on any atom is 0.276 e. The van der Waals surface area contributed by atoms with Crippen molar-refractivity contribution in [3.8, 4) is 17.0 Å². The van der Waals surface area contributed by atoms with Gasteiger partial charge in [0.05, 0.1) is 32.6 Å². The lowest BCUT2D eigenvalue weighted by Crippen LogP contribution is -2.35. The average Bonchev–Trinajstić information content (AvgIpc) is 3.39.